The Morgan fingerprint density at radius 2 is 1.70 bits per heavy atom. The van der Waals surface area contributed by atoms with E-state index in [0.29, 0.717) is 18.2 Å². The van der Waals surface area contributed by atoms with Gasteiger partial charge in [-0.1, -0.05) is 40.6 Å². The van der Waals surface area contributed by atoms with Gasteiger partial charge in [-0.3, -0.25) is 9.80 Å². The van der Waals surface area contributed by atoms with Crippen LogP contribution in [0.1, 0.15) is 42.0 Å². The fourth-order valence-electron chi connectivity index (χ4n) is 3.36. The number of hydrogen-bond donors (Lipinski definition) is 0. The molecule has 142 valence electrons. The lowest BCUT2D eigenvalue weighted by Crippen LogP contribution is -2.46. The van der Waals surface area contributed by atoms with E-state index in [4.69, 9.17) is 9.05 Å². The molecule has 1 atom stereocenters. The topological polar surface area (TPSA) is 84.3 Å². The monoisotopic (exact) mass is 368 g/mol. The highest BCUT2D eigenvalue weighted by molar-refractivity contribution is 5.18. The van der Waals surface area contributed by atoms with Gasteiger partial charge in [0.1, 0.15) is 0 Å². The molecule has 27 heavy (non-hydrogen) atoms. The van der Waals surface area contributed by atoms with Crippen LogP contribution >= 0.6 is 0 Å². The van der Waals surface area contributed by atoms with Crippen molar-refractivity contribution in [1.82, 2.24) is 30.1 Å². The molecule has 4 rings (SSSR count). The van der Waals surface area contributed by atoms with Crippen molar-refractivity contribution in [3.8, 4) is 0 Å². The van der Waals surface area contributed by atoms with E-state index in [9.17, 15) is 0 Å². The predicted octanol–water partition coefficient (Wildman–Crippen LogP) is 2.23. The number of nitrogens with zero attached hydrogens (tertiary/aromatic N) is 6. The van der Waals surface area contributed by atoms with Gasteiger partial charge in [0.25, 0.3) is 0 Å². The maximum absolute atomic E-state index is 5.53. The third-order valence-corrected chi connectivity index (χ3v) is 4.94. The molecule has 0 radical (unpaired) electrons. The summed E-state index contributed by atoms with van der Waals surface area (Å²) in [4.78, 5) is 13.6. The summed E-state index contributed by atoms with van der Waals surface area (Å²) in [6, 6.07) is 10.3. The van der Waals surface area contributed by atoms with Crippen LogP contribution in [0.4, 0.5) is 0 Å². The second-order valence-electron chi connectivity index (χ2n) is 6.93. The van der Waals surface area contributed by atoms with E-state index in [1.165, 1.54) is 5.56 Å². The standard InChI is InChI=1S/C19H24N6O2/c1-14(19-21-17(22-27-19)12-16-6-4-3-5-7-16)25-10-8-24(9-11-25)13-18-20-15(2)26-23-18/h3-7,14H,8-13H2,1-2H3. The largest absolute Gasteiger partial charge is 0.340 e. The van der Waals surface area contributed by atoms with Crippen molar-refractivity contribution in [1.29, 1.82) is 0 Å². The molecule has 0 N–H and O–H groups in total. The summed E-state index contributed by atoms with van der Waals surface area (Å²) in [5.74, 6) is 2.77. The Morgan fingerprint density at radius 3 is 2.41 bits per heavy atom. The first-order valence-electron chi connectivity index (χ1n) is 9.29. The molecule has 0 spiro atoms. The van der Waals surface area contributed by atoms with E-state index in [1.54, 1.807) is 0 Å². The van der Waals surface area contributed by atoms with E-state index in [1.807, 2.05) is 25.1 Å². The second-order valence-corrected chi connectivity index (χ2v) is 6.93. The van der Waals surface area contributed by atoms with E-state index in [0.717, 1.165) is 44.4 Å². The summed E-state index contributed by atoms with van der Waals surface area (Å²) < 4.78 is 10.6. The third kappa shape index (κ3) is 4.40. The molecule has 1 fully saturated rings. The summed E-state index contributed by atoms with van der Waals surface area (Å²) >= 11 is 0. The number of hydrogen-bond acceptors (Lipinski definition) is 8. The van der Waals surface area contributed by atoms with E-state index in [-0.39, 0.29) is 6.04 Å². The molecule has 3 heterocycles. The molecule has 0 amide bonds. The van der Waals surface area contributed by atoms with Crippen LogP contribution in [-0.4, -0.2) is 56.3 Å². The highest BCUT2D eigenvalue weighted by atomic mass is 16.5. The van der Waals surface area contributed by atoms with Crippen LogP contribution in [0.5, 0.6) is 0 Å². The van der Waals surface area contributed by atoms with Crippen LogP contribution in [0.2, 0.25) is 0 Å². The lowest BCUT2D eigenvalue weighted by molar-refractivity contribution is 0.0827. The number of rotatable bonds is 6. The Labute approximate surface area is 158 Å². The maximum Gasteiger partial charge on any atom is 0.243 e. The lowest BCUT2D eigenvalue weighted by Gasteiger charge is -2.36. The summed E-state index contributed by atoms with van der Waals surface area (Å²) in [7, 11) is 0. The summed E-state index contributed by atoms with van der Waals surface area (Å²) in [5, 5.41) is 8.12. The van der Waals surface area contributed by atoms with Crippen LogP contribution < -0.4 is 0 Å². The zero-order valence-corrected chi connectivity index (χ0v) is 15.7. The maximum atomic E-state index is 5.53. The highest BCUT2D eigenvalue weighted by Gasteiger charge is 2.26. The normalized spacial score (nSPS) is 17.3. The molecular formula is C19H24N6O2. The Hall–Kier alpha value is -2.58. The summed E-state index contributed by atoms with van der Waals surface area (Å²) in [6.45, 7) is 8.43. The molecule has 1 saturated heterocycles. The van der Waals surface area contributed by atoms with Crippen molar-refractivity contribution in [2.45, 2.75) is 32.9 Å². The van der Waals surface area contributed by atoms with Gasteiger partial charge in [0.2, 0.25) is 11.8 Å². The van der Waals surface area contributed by atoms with Crippen LogP contribution in [0.25, 0.3) is 0 Å². The first-order chi connectivity index (χ1) is 13.2. The van der Waals surface area contributed by atoms with E-state index < -0.39 is 0 Å². The van der Waals surface area contributed by atoms with Crippen molar-refractivity contribution in [3.05, 3.63) is 59.3 Å². The molecular weight excluding hydrogens is 344 g/mol. The van der Waals surface area contributed by atoms with Crippen molar-refractivity contribution >= 4 is 0 Å². The van der Waals surface area contributed by atoms with Gasteiger partial charge in [0, 0.05) is 39.5 Å². The molecule has 0 aliphatic carbocycles. The Kier molecular flexibility index (Phi) is 5.26. The molecule has 1 aliphatic heterocycles. The van der Waals surface area contributed by atoms with Gasteiger partial charge in [-0.15, -0.1) is 0 Å². The average molecular weight is 368 g/mol. The van der Waals surface area contributed by atoms with Gasteiger partial charge in [-0.05, 0) is 12.5 Å². The Bertz CT molecular complexity index is 854. The minimum absolute atomic E-state index is 0.108. The SMILES string of the molecule is Cc1nc(CN2CCN(C(C)c3nc(Cc4ccccc4)no3)CC2)no1. The minimum atomic E-state index is 0.108. The fraction of sp³-hybridized carbons (Fsp3) is 0.474. The highest BCUT2D eigenvalue weighted by Crippen LogP contribution is 2.21. The van der Waals surface area contributed by atoms with Crippen LogP contribution in [-0.2, 0) is 13.0 Å². The van der Waals surface area contributed by atoms with Crippen LogP contribution in [0.3, 0.4) is 0 Å². The first-order valence-corrected chi connectivity index (χ1v) is 9.29. The third-order valence-electron chi connectivity index (χ3n) is 4.94. The Balaban J connectivity index is 1.31. The summed E-state index contributed by atoms with van der Waals surface area (Å²) in [5.41, 5.74) is 1.18. The number of benzene rings is 1. The minimum Gasteiger partial charge on any atom is -0.340 e. The van der Waals surface area contributed by atoms with Gasteiger partial charge in [0.15, 0.2) is 11.6 Å². The number of aryl methyl sites for hydroxylation is 1. The Morgan fingerprint density at radius 1 is 0.963 bits per heavy atom. The molecule has 0 bridgehead atoms. The average Bonchev–Trinajstić information content (AvgIpc) is 3.32. The smallest absolute Gasteiger partial charge is 0.243 e. The van der Waals surface area contributed by atoms with Crippen molar-refractivity contribution in [2.75, 3.05) is 26.2 Å². The van der Waals surface area contributed by atoms with E-state index >= 15 is 0 Å². The second kappa shape index (κ2) is 7.98. The molecule has 0 saturated carbocycles. The van der Waals surface area contributed by atoms with Crippen molar-refractivity contribution in [2.24, 2.45) is 0 Å². The number of aromatic nitrogens is 4. The zero-order valence-electron chi connectivity index (χ0n) is 15.7. The number of piperazine rings is 1. The molecule has 1 aliphatic rings. The summed E-state index contributed by atoms with van der Waals surface area (Å²) in [6.07, 6.45) is 0.689. The lowest BCUT2D eigenvalue weighted by atomic mass is 10.1. The first kappa shape index (κ1) is 17.8. The van der Waals surface area contributed by atoms with Gasteiger partial charge >= 0.3 is 0 Å². The zero-order chi connectivity index (χ0) is 18.6. The van der Waals surface area contributed by atoms with Gasteiger partial charge in [-0.25, -0.2) is 0 Å². The molecule has 8 nitrogen and oxygen atoms in total. The molecule has 1 aromatic carbocycles. The fourth-order valence-corrected chi connectivity index (χ4v) is 3.36. The van der Waals surface area contributed by atoms with Gasteiger partial charge < -0.3 is 9.05 Å². The van der Waals surface area contributed by atoms with Crippen LogP contribution in [0.15, 0.2) is 39.4 Å². The molecule has 1 unspecified atom stereocenters. The molecule has 3 aromatic rings. The van der Waals surface area contributed by atoms with E-state index in [2.05, 4.69) is 49.1 Å². The molecule has 2 aromatic heterocycles. The molecule has 8 heteroatoms. The quantitative estimate of drug-likeness (QED) is 0.655. The van der Waals surface area contributed by atoms with Gasteiger partial charge in [0.05, 0.1) is 12.6 Å². The van der Waals surface area contributed by atoms with Gasteiger partial charge in [-0.2, -0.15) is 9.97 Å². The van der Waals surface area contributed by atoms with Crippen molar-refractivity contribution < 1.29 is 9.05 Å². The van der Waals surface area contributed by atoms with Crippen molar-refractivity contribution in [3.63, 3.8) is 0 Å². The van der Waals surface area contributed by atoms with Crippen LogP contribution in [0, 0.1) is 6.92 Å². The predicted molar refractivity (Wildman–Crippen MR) is 97.8 cm³/mol.